The van der Waals surface area contributed by atoms with Crippen molar-refractivity contribution < 1.29 is 14.4 Å². The Morgan fingerprint density at radius 3 is 2.62 bits per heavy atom. The molecular formula is C30H24ClN5O3S. The van der Waals surface area contributed by atoms with Gasteiger partial charge in [-0.05, 0) is 47.9 Å². The zero-order valence-corrected chi connectivity index (χ0v) is 23.1. The van der Waals surface area contributed by atoms with Crippen molar-refractivity contribution in [3.05, 3.63) is 99.4 Å². The van der Waals surface area contributed by atoms with Gasteiger partial charge in [-0.1, -0.05) is 48.0 Å². The van der Waals surface area contributed by atoms with Crippen LogP contribution >= 0.6 is 22.9 Å². The van der Waals surface area contributed by atoms with Crippen molar-refractivity contribution in [2.24, 2.45) is 0 Å². The highest BCUT2D eigenvalue weighted by atomic mass is 35.5. The molecule has 1 aromatic heterocycles. The van der Waals surface area contributed by atoms with E-state index in [2.05, 4.69) is 15.6 Å². The van der Waals surface area contributed by atoms with E-state index in [4.69, 9.17) is 16.9 Å². The molecular weight excluding hydrogens is 546 g/mol. The van der Waals surface area contributed by atoms with Gasteiger partial charge in [0.15, 0.2) is 5.13 Å². The smallest absolute Gasteiger partial charge is 0.255 e. The molecule has 5 rings (SSSR count). The normalized spacial score (nSPS) is 14.1. The lowest BCUT2D eigenvalue weighted by Crippen LogP contribution is -2.46. The van der Waals surface area contributed by atoms with Crippen LogP contribution in [-0.4, -0.2) is 33.6 Å². The number of nitriles is 1. The maximum Gasteiger partial charge on any atom is 0.255 e. The lowest BCUT2D eigenvalue weighted by atomic mass is 9.91. The molecule has 3 aromatic carbocycles. The quantitative estimate of drug-likeness (QED) is 0.300. The van der Waals surface area contributed by atoms with Crippen molar-refractivity contribution in [2.45, 2.75) is 32.4 Å². The zero-order valence-electron chi connectivity index (χ0n) is 21.5. The molecule has 3 amide bonds. The van der Waals surface area contributed by atoms with Crippen molar-refractivity contribution in [3.63, 3.8) is 0 Å². The molecule has 8 nitrogen and oxygen atoms in total. The standard InChI is InChI=1S/C30H24ClN5O3S/c1-18(37)33-30-35-27(17-40-30)21-7-4-8-23(12-21)34-28(38)14-24-13-20-5-2-3-6-22(20)16-36(24)29(39)25-10-9-19(15-32)11-26(25)31/h2-12,17,24H,13-14,16H2,1H3,(H,34,38)(H,33,35,37)/t24-/m1/s1. The summed E-state index contributed by atoms with van der Waals surface area (Å²) in [4.78, 5) is 44.3. The average Bonchev–Trinajstić information content (AvgIpc) is 3.40. The van der Waals surface area contributed by atoms with Gasteiger partial charge in [-0.3, -0.25) is 14.4 Å². The number of nitrogens with zero attached hydrogens (tertiary/aromatic N) is 3. The summed E-state index contributed by atoms with van der Waals surface area (Å²) >= 11 is 7.69. The Balaban J connectivity index is 1.35. The maximum atomic E-state index is 13.6. The highest BCUT2D eigenvalue weighted by Gasteiger charge is 2.32. The molecule has 40 heavy (non-hydrogen) atoms. The summed E-state index contributed by atoms with van der Waals surface area (Å²) in [6.45, 7) is 1.77. The second-order valence-corrected chi connectivity index (χ2v) is 10.7. The molecule has 0 aliphatic carbocycles. The van der Waals surface area contributed by atoms with Gasteiger partial charge in [0, 0.05) is 42.6 Å². The molecule has 2 N–H and O–H groups in total. The predicted octanol–water partition coefficient (Wildman–Crippen LogP) is 5.89. The molecule has 1 aliphatic heterocycles. The first-order chi connectivity index (χ1) is 19.3. The number of rotatable bonds is 6. The minimum absolute atomic E-state index is 0.0849. The van der Waals surface area contributed by atoms with Gasteiger partial charge >= 0.3 is 0 Å². The average molecular weight is 570 g/mol. The van der Waals surface area contributed by atoms with E-state index in [9.17, 15) is 14.4 Å². The van der Waals surface area contributed by atoms with Crippen LogP contribution in [0.25, 0.3) is 11.3 Å². The van der Waals surface area contributed by atoms with Crippen molar-refractivity contribution in [1.29, 1.82) is 5.26 Å². The van der Waals surface area contributed by atoms with Gasteiger partial charge in [0.1, 0.15) is 0 Å². The monoisotopic (exact) mass is 569 g/mol. The van der Waals surface area contributed by atoms with Gasteiger partial charge in [-0.25, -0.2) is 4.98 Å². The number of carbonyl (C=O) groups is 3. The molecule has 0 fully saturated rings. The van der Waals surface area contributed by atoms with E-state index < -0.39 is 6.04 Å². The van der Waals surface area contributed by atoms with Gasteiger partial charge in [0.2, 0.25) is 11.8 Å². The van der Waals surface area contributed by atoms with Crippen molar-refractivity contribution >= 4 is 51.5 Å². The number of hydrogen-bond donors (Lipinski definition) is 2. The summed E-state index contributed by atoms with van der Waals surface area (Å²) < 4.78 is 0. The Morgan fingerprint density at radius 2 is 1.88 bits per heavy atom. The molecule has 200 valence electrons. The van der Waals surface area contributed by atoms with E-state index in [-0.39, 0.29) is 29.2 Å². The van der Waals surface area contributed by atoms with Crippen LogP contribution in [0.3, 0.4) is 0 Å². The third-order valence-electron chi connectivity index (χ3n) is 6.60. The van der Waals surface area contributed by atoms with Crippen molar-refractivity contribution in [1.82, 2.24) is 9.88 Å². The van der Waals surface area contributed by atoms with Gasteiger partial charge in [-0.15, -0.1) is 11.3 Å². The lowest BCUT2D eigenvalue weighted by molar-refractivity contribution is -0.117. The Bertz CT molecular complexity index is 1660. The fraction of sp³-hybridized carbons (Fsp3) is 0.167. The first-order valence-corrected chi connectivity index (χ1v) is 13.8. The van der Waals surface area contributed by atoms with Crippen LogP contribution in [-0.2, 0) is 22.6 Å². The van der Waals surface area contributed by atoms with Crippen molar-refractivity contribution in [3.8, 4) is 17.3 Å². The van der Waals surface area contributed by atoms with Crippen molar-refractivity contribution in [2.75, 3.05) is 10.6 Å². The number of fused-ring (bicyclic) bond motifs is 1. The number of amides is 3. The minimum atomic E-state index is -0.393. The molecule has 10 heteroatoms. The number of halogens is 1. The van der Waals surface area contributed by atoms with E-state index in [1.54, 1.807) is 23.1 Å². The molecule has 4 aromatic rings. The Kier molecular flexibility index (Phi) is 7.91. The molecule has 1 atom stereocenters. The summed E-state index contributed by atoms with van der Waals surface area (Å²) in [7, 11) is 0. The molecule has 0 saturated carbocycles. The van der Waals surface area contributed by atoms with Crippen LogP contribution < -0.4 is 10.6 Å². The molecule has 0 radical (unpaired) electrons. The highest BCUT2D eigenvalue weighted by Crippen LogP contribution is 2.30. The first-order valence-electron chi connectivity index (χ1n) is 12.5. The third kappa shape index (κ3) is 6.04. The van der Waals surface area contributed by atoms with Gasteiger partial charge in [-0.2, -0.15) is 5.26 Å². The second kappa shape index (κ2) is 11.7. The van der Waals surface area contributed by atoms with Gasteiger partial charge in [0.05, 0.1) is 27.9 Å². The van der Waals surface area contributed by atoms with Crippen LogP contribution in [0.5, 0.6) is 0 Å². The summed E-state index contributed by atoms with van der Waals surface area (Å²) in [5.41, 5.74) is 4.85. The molecule has 2 heterocycles. The Labute approximate surface area is 240 Å². The molecule has 1 aliphatic rings. The van der Waals surface area contributed by atoms with Crippen LogP contribution in [0, 0.1) is 11.3 Å². The molecule has 0 spiro atoms. The number of nitrogens with one attached hydrogen (secondary N) is 2. The Hall–Kier alpha value is -4.52. The van der Waals surface area contributed by atoms with E-state index in [1.807, 2.05) is 53.9 Å². The van der Waals surface area contributed by atoms with E-state index in [1.165, 1.54) is 24.3 Å². The topological polar surface area (TPSA) is 115 Å². The number of aromatic nitrogens is 1. The van der Waals surface area contributed by atoms with Gasteiger partial charge in [0.25, 0.3) is 5.91 Å². The summed E-state index contributed by atoms with van der Waals surface area (Å²) in [5.74, 6) is -0.717. The molecule has 0 saturated heterocycles. The lowest BCUT2D eigenvalue weighted by Gasteiger charge is -2.37. The predicted molar refractivity (Wildman–Crippen MR) is 155 cm³/mol. The Morgan fingerprint density at radius 1 is 1.07 bits per heavy atom. The van der Waals surface area contributed by atoms with E-state index in [0.717, 1.165) is 16.7 Å². The van der Waals surface area contributed by atoms with Crippen LogP contribution in [0.1, 0.15) is 40.4 Å². The number of benzene rings is 3. The number of carbonyl (C=O) groups excluding carboxylic acids is 3. The number of hydrogen-bond acceptors (Lipinski definition) is 6. The molecule has 0 unspecified atom stereocenters. The van der Waals surface area contributed by atoms with Gasteiger partial charge < -0.3 is 15.5 Å². The minimum Gasteiger partial charge on any atom is -0.330 e. The third-order valence-corrected chi connectivity index (χ3v) is 7.67. The fourth-order valence-corrected chi connectivity index (χ4v) is 5.74. The van der Waals surface area contributed by atoms with Crippen LogP contribution in [0.4, 0.5) is 10.8 Å². The fourth-order valence-electron chi connectivity index (χ4n) is 4.72. The second-order valence-electron chi connectivity index (χ2n) is 9.42. The SMILES string of the molecule is CC(=O)Nc1nc(-c2cccc(NC(=O)C[C@H]3Cc4ccccc4CN3C(=O)c3ccc(C#N)cc3Cl)c2)cs1. The summed E-state index contributed by atoms with van der Waals surface area (Å²) in [6, 6.07) is 21.4. The largest absolute Gasteiger partial charge is 0.330 e. The van der Waals surface area contributed by atoms with E-state index >= 15 is 0 Å². The highest BCUT2D eigenvalue weighted by molar-refractivity contribution is 7.14. The number of thiazole rings is 1. The van der Waals surface area contributed by atoms with Crippen LogP contribution in [0.15, 0.2) is 72.1 Å². The van der Waals surface area contributed by atoms with E-state index in [0.29, 0.717) is 40.6 Å². The van der Waals surface area contributed by atoms with Crippen LogP contribution in [0.2, 0.25) is 5.02 Å². The zero-order chi connectivity index (χ0) is 28.2. The number of anilines is 2. The summed E-state index contributed by atoms with van der Waals surface area (Å²) in [6.07, 6.45) is 0.607. The first kappa shape index (κ1) is 27.1. The maximum absolute atomic E-state index is 13.6. The summed E-state index contributed by atoms with van der Waals surface area (Å²) in [5, 5.41) is 17.3. The molecule has 0 bridgehead atoms.